The molecule has 1 saturated heterocycles. The molecule has 8 nitrogen and oxygen atoms in total. The molecule has 10 heteroatoms. The third-order valence-corrected chi connectivity index (χ3v) is 6.43. The third kappa shape index (κ3) is 5.11. The standard InChI is InChI=1S/C23H27F2N3O5/c24-23(25)12-17(23)15-30-20-19(26-21(29)31-14-16-4-2-1-3-5-16)13-28(27-20)18-6-8-22(9-7-18)32-10-11-33-22/h1-5,13,17-18H,6-12,14-15H2,(H,26,29)/t17-/m0/s1. The summed E-state index contributed by atoms with van der Waals surface area (Å²) in [6, 6.07) is 9.35. The number of alkyl halides is 2. The van der Waals surface area contributed by atoms with Crippen LogP contribution in [-0.2, 0) is 20.8 Å². The number of nitrogens with one attached hydrogen (secondary N) is 1. The number of hydrogen-bond acceptors (Lipinski definition) is 6. The second-order valence-electron chi connectivity index (χ2n) is 8.83. The average molecular weight is 463 g/mol. The van der Waals surface area contributed by atoms with Crippen LogP contribution in [-0.4, -0.2) is 47.4 Å². The van der Waals surface area contributed by atoms with Gasteiger partial charge >= 0.3 is 6.09 Å². The highest BCUT2D eigenvalue weighted by Gasteiger charge is 2.57. The van der Waals surface area contributed by atoms with Crippen LogP contribution in [0.2, 0.25) is 0 Å². The van der Waals surface area contributed by atoms with Crippen LogP contribution in [0.25, 0.3) is 0 Å². The quantitative estimate of drug-likeness (QED) is 0.650. The Bertz CT molecular complexity index is 968. The fourth-order valence-electron chi connectivity index (χ4n) is 4.35. The number of rotatable bonds is 7. The van der Waals surface area contributed by atoms with Crippen molar-refractivity contribution in [1.29, 1.82) is 0 Å². The lowest BCUT2D eigenvalue weighted by atomic mass is 9.90. The van der Waals surface area contributed by atoms with Gasteiger partial charge in [-0.15, -0.1) is 5.10 Å². The summed E-state index contributed by atoms with van der Waals surface area (Å²) >= 11 is 0. The van der Waals surface area contributed by atoms with Crippen molar-refractivity contribution in [2.45, 2.75) is 56.5 Å². The van der Waals surface area contributed by atoms with E-state index >= 15 is 0 Å². The number of halogens is 2. The molecule has 1 N–H and O–H groups in total. The Kier molecular flexibility index (Phi) is 5.96. The number of carbonyl (C=O) groups is 1. The monoisotopic (exact) mass is 463 g/mol. The van der Waals surface area contributed by atoms with Crippen LogP contribution in [0, 0.1) is 5.92 Å². The summed E-state index contributed by atoms with van der Waals surface area (Å²) in [6.45, 7) is 1.16. The molecule has 0 radical (unpaired) electrons. The zero-order valence-electron chi connectivity index (χ0n) is 18.2. The van der Waals surface area contributed by atoms with E-state index in [4.69, 9.17) is 18.9 Å². The Balaban J connectivity index is 1.24. The van der Waals surface area contributed by atoms with E-state index < -0.39 is 23.7 Å². The Labute approximate surface area is 190 Å². The molecule has 2 saturated carbocycles. The summed E-state index contributed by atoms with van der Waals surface area (Å²) in [7, 11) is 0. The van der Waals surface area contributed by atoms with Gasteiger partial charge in [0.1, 0.15) is 12.3 Å². The van der Waals surface area contributed by atoms with Crippen LogP contribution in [0.5, 0.6) is 5.88 Å². The maximum Gasteiger partial charge on any atom is 0.412 e. The summed E-state index contributed by atoms with van der Waals surface area (Å²) in [5.41, 5.74) is 1.15. The fourth-order valence-corrected chi connectivity index (χ4v) is 4.35. The van der Waals surface area contributed by atoms with Crippen molar-refractivity contribution in [2.75, 3.05) is 25.1 Å². The van der Waals surface area contributed by atoms with Crippen molar-refractivity contribution in [2.24, 2.45) is 5.92 Å². The molecule has 3 aliphatic rings. The van der Waals surface area contributed by atoms with Gasteiger partial charge in [0, 0.05) is 19.3 Å². The van der Waals surface area contributed by atoms with Crippen molar-refractivity contribution in [3.63, 3.8) is 0 Å². The molecule has 1 aromatic heterocycles. The lowest BCUT2D eigenvalue weighted by molar-refractivity contribution is -0.181. The SMILES string of the molecule is O=C(Nc1cn(C2CCC3(CC2)OCCO3)nc1OC[C@@H]1CC1(F)F)OCc1ccccc1. The second kappa shape index (κ2) is 8.90. The molecule has 178 valence electrons. The van der Waals surface area contributed by atoms with Gasteiger partial charge in [-0.25, -0.2) is 13.6 Å². The number of ether oxygens (including phenoxy) is 4. The molecule has 1 aliphatic heterocycles. The van der Waals surface area contributed by atoms with E-state index in [-0.39, 0.29) is 31.6 Å². The van der Waals surface area contributed by atoms with E-state index in [0.717, 1.165) is 31.2 Å². The molecular weight excluding hydrogens is 436 g/mol. The summed E-state index contributed by atoms with van der Waals surface area (Å²) in [6.07, 6.45) is 3.84. The van der Waals surface area contributed by atoms with Gasteiger partial charge in [-0.3, -0.25) is 10.00 Å². The van der Waals surface area contributed by atoms with E-state index in [9.17, 15) is 13.6 Å². The average Bonchev–Trinajstić information content (AvgIpc) is 3.13. The first kappa shape index (κ1) is 22.1. The van der Waals surface area contributed by atoms with Crippen LogP contribution >= 0.6 is 0 Å². The van der Waals surface area contributed by atoms with E-state index in [1.807, 2.05) is 30.3 Å². The van der Waals surface area contributed by atoms with Crippen molar-refractivity contribution >= 4 is 11.8 Å². The van der Waals surface area contributed by atoms with Gasteiger partial charge in [-0.2, -0.15) is 0 Å². The second-order valence-corrected chi connectivity index (χ2v) is 8.83. The molecule has 33 heavy (non-hydrogen) atoms. The topological polar surface area (TPSA) is 83.8 Å². The van der Waals surface area contributed by atoms with Gasteiger partial charge in [-0.1, -0.05) is 30.3 Å². The molecular formula is C23H27F2N3O5. The number of nitrogens with zero attached hydrogens (tertiary/aromatic N) is 2. The molecule has 0 bridgehead atoms. The molecule has 2 heterocycles. The lowest BCUT2D eigenvalue weighted by Gasteiger charge is -2.35. The molecule has 2 aromatic rings. The molecule has 2 aliphatic carbocycles. The smallest absolute Gasteiger partial charge is 0.412 e. The number of aromatic nitrogens is 2. The first-order valence-electron chi connectivity index (χ1n) is 11.3. The minimum atomic E-state index is -2.69. The Morgan fingerprint density at radius 3 is 2.55 bits per heavy atom. The highest BCUT2D eigenvalue weighted by molar-refractivity contribution is 5.86. The number of carbonyl (C=O) groups excluding carboxylic acids is 1. The van der Waals surface area contributed by atoms with Gasteiger partial charge in [0.2, 0.25) is 0 Å². The highest BCUT2D eigenvalue weighted by Crippen LogP contribution is 2.49. The van der Waals surface area contributed by atoms with Crippen molar-refractivity contribution in [3.05, 3.63) is 42.1 Å². The van der Waals surface area contributed by atoms with Crippen molar-refractivity contribution in [1.82, 2.24) is 9.78 Å². The molecule has 5 rings (SSSR count). The molecule has 1 spiro atoms. The first-order valence-corrected chi connectivity index (χ1v) is 11.3. The van der Waals surface area contributed by atoms with Crippen LogP contribution in [0.1, 0.15) is 43.7 Å². The maximum atomic E-state index is 13.3. The molecule has 1 atom stereocenters. The number of anilines is 1. The van der Waals surface area contributed by atoms with E-state index in [1.54, 1.807) is 10.9 Å². The maximum absolute atomic E-state index is 13.3. The summed E-state index contributed by atoms with van der Waals surface area (Å²) < 4.78 is 50.8. The third-order valence-electron chi connectivity index (χ3n) is 6.43. The fraction of sp³-hybridized carbons (Fsp3) is 0.565. The van der Waals surface area contributed by atoms with Crippen LogP contribution in [0.3, 0.4) is 0 Å². The van der Waals surface area contributed by atoms with E-state index in [2.05, 4.69) is 10.4 Å². The molecule has 0 unspecified atom stereocenters. The Morgan fingerprint density at radius 1 is 1.18 bits per heavy atom. The van der Waals surface area contributed by atoms with Crippen molar-refractivity contribution in [3.8, 4) is 5.88 Å². The van der Waals surface area contributed by atoms with Gasteiger partial charge in [0.25, 0.3) is 11.8 Å². The minimum absolute atomic E-state index is 0.0593. The normalized spacial score (nSPS) is 23.4. The number of hydrogen-bond donors (Lipinski definition) is 1. The van der Waals surface area contributed by atoms with Gasteiger partial charge in [-0.05, 0) is 18.4 Å². The van der Waals surface area contributed by atoms with Crippen molar-refractivity contribution < 1.29 is 32.5 Å². The zero-order valence-corrected chi connectivity index (χ0v) is 18.2. The predicted molar refractivity (Wildman–Crippen MR) is 113 cm³/mol. The molecule has 3 fully saturated rings. The van der Waals surface area contributed by atoms with E-state index in [0.29, 0.717) is 18.9 Å². The largest absolute Gasteiger partial charge is 0.475 e. The predicted octanol–water partition coefficient (Wildman–Crippen LogP) is 4.52. The Morgan fingerprint density at radius 2 is 1.88 bits per heavy atom. The summed E-state index contributed by atoms with van der Waals surface area (Å²) in [4.78, 5) is 12.4. The zero-order chi connectivity index (χ0) is 22.9. The van der Waals surface area contributed by atoms with Gasteiger partial charge < -0.3 is 18.9 Å². The van der Waals surface area contributed by atoms with Crippen LogP contribution in [0.15, 0.2) is 36.5 Å². The molecule has 1 amide bonds. The summed E-state index contributed by atoms with van der Waals surface area (Å²) in [5.74, 6) is -3.90. The van der Waals surface area contributed by atoms with Crippen LogP contribution < -0.4 is 10.1 Å². The number of benzene rings is 1. The lowest BCUT2D eigenvalue weighted by Crippen LogP contribution is -2.35. The van der Waals surface area contributed by atoms with Gasteiger partial charge in [0.05, 0.1) is 38.0 Å². The molecule has 1 aromatic carbocycles. The summed E-state index contributed by atoms with van der Waals surface area (Å²) in [5, 5.41) is 7.11. The number of amides is 1. The van der Waals surface area contributed by atoms with E-state index in [1.165, 1.54) is 0 Å². The highest BCUT2D eigenvalue weighted by atomic mass is 19.3. The first-order chi connectivity index (χ1) is 15.9. The Hall–Kier alpha value is -2.72. The van der Waals surface area contributed by atoms with Gasteiger partial charge in [0.15, 0.2) is 5.79 Å². The minimum Gasteiger partial charge on any atom is -0.475 e. The van der Waals surface area contributed by atoms with Crippen LogP contribution in [0.4, 0.5) is 19.3 Å².